The summed E-state index contributed by atoms with van der Waals surface area (Å²) >= 11 is 0. The monoisotopic (exact) mass is 334 g/mol. The van der Waals surface area contributed by atoms with Gasteiger partial charge in [0.15, 0.2) is 6.29 Å². The molecular weight excluding hydrogens is 300 g/mol. The van der Waals surface area contributed by atoms with Crippen molar-refractivity contribution in [1.82, 2.24) is 0 Å². The lowest BCUT2D eigenvalue weighted by molar-refractivity contribution is -0.301. The molecule has 0 unspecified atom stereocenters. The lowest BCUT2D eigenvalue weighted by Crippen LogP contribution is -2.59. The molecule has 0 aromatic carbocycles. The summed E-state index contributed by atoms with van der Waals surface area (Å²) in [6.45, 7) is 2.22. The van der Waals surface area contributed by atoms with Crippen LogP contribution >= 0.6 is 0 Å². The summed E-state index contributed by atoms with van der Waals surface area (Å²) in [7, 11) is 0. The van der Waals surface area contributed by atoms with E-state index in [4.69, 9.17) is 14.6 Å². The van der Waals surface area contributed by atoms with Gasteiger partial charge in [-0.25, -0.2) is 0 Å². The molecule has 0 saturated carbocycles. The zero-order valence-electron chi connectivity index (χ0n) is 14.3. The van der Waals surface area contributed by atoms with E-state index in [0.717, 1.165) is 12.8 Å². The minimum atomic E-state index is -1.37. The smallest absolute Gasteiger partial charge is 0.186 e. The molecule has 1 rings (SSSR count). The molecule has 0 aromatic rings. The molecule has 1 aliphatic heterocycles. The summed E-state index contributed by atoms with van der Waals surface area (Å²) in [6.07, 6.45) is 4.97. The minimum Gasteiger partial charge on any atom is -0.394 e. The molecule has 1 fully saturated rings. The number of ether oxygens (including phenoxy) is 2. The lowest BCUT2D eigenvalue weighted by Gasteiger charge is -2.39. The van der Waals surface area contributed by atoms with Gasteiger partial charge >= 0.3 is 0 Å². The molecule has 1 aliphatic rings. The predicted molar refractivity (Wildman–Crippen MR) is 86.9 cm³/mol. The van der Waals surface area contributed by atoms with E-state index in [0.29, 0.717) is 6.61 Å². The van der Waals surface area contributed by atoms with E-state index in [2.05, 4.69) is 6.92 Å². The Bertz CT molecular complexity index is 286. The summed E-state index contributed by atoms with van der Waals surface area (Å²) in [5.74, 6) is 0. The Labute approximate surface area is 139 Å². The highest BCUT2D eigenvalue weighted by atomic mass is 16.7. The van der Waals surface area contributed by atoms with Crippen molar-refractivity contribution in [2.24, 2.45) is 0 Å². The molecular formula is C17H34O6. The lowest BCUT2D eigenvalue weighted by atomic mass is 9.99. The first kappa shape index (κ1) is 20.8. The molecule has 0 spiro atoms. The molecule has 4 N–H and O–H groups in total. The molecule has 5 atom stereocenters. The van der Waals surface area contributed by atoms with Crippen molar-refractivity contribution in [3.8, 4) is 0 Å². The van der Waals surface area contributed by atoms with Gasteiger partial charge in [-0.2, -0.15) is 0 Å². The molecule has 1 heterocycles. The third-order valence-corrected chi connectivity index (χ3v) is 4.38. The van der Waals surface area contributed by atoms with Crippen LogP contribution < -0.4 is 0 Å². The van der Waals surface area contributed by atoms with Crippen molar-refractivity contribution in [3.05, 3.63) is 0 Å². The first-order valence-electron chi connectivity index (χ1n) is 9.04. The fourth-order valence-electron chi connectivity index (χ4n) is 2.82. The number of unbranched alkanes of at least 4 members (excludes halogenated alkanes) is 8. The second-order valence-corrected chi connectivity index (χ2v) is 6.40. The molecule has 0 bridgehead atoms. The van der Waals surface area contributed by atoms with Crippen LogP contribution in [0.5, 0.6) is 0 Å². The molecule has 138 valence electrons. The number of aliphatic hydroxyl groups excluding tert-OH is 4. The Hall–Kier alpha value is -0.240. The van der Waals surface area contributed by atoms with Crippen molar-refractivity contribution in [2.45, 2.75) is 95.4 Å². The van der Waals surface area contributed by atoms with Crippen molar-refractivity contribution in [3.63, 3.8) is 0 Å². The Morgan fingerprint density at radius 1 is 0.783 bits per heavy atom. The second-order valence-electron chi connectivity index (χ2n) is 6.40. The summed E-state index contributed by atoms with van der Waals surface area (Å²) in [4.78, 5) is 0. The van der Waals surface area contributed by atoms with E-state index < -0.39 is 37.3 Å². The number of hydrogen-bond donors (Lipinski definition) is 4. The van der Waals surface area contributed by atoms with Gasteiger partial charge in [-0.1, -0.05) is 58.3 Å². The van der Waals surface area contributed by atoms with Crippen molar-refractivity contribution >= 4 is 0 Å². The first-order valence-corrected chi connectivity index (χ1v) is 9.04. The van der Waals surface area contributed by atoms with Gasteiger partial charge in [0.1, 0.15) is 24.4 Å². The van der Waals surface area contributed by atoms with Crippen molar-refractivity contribution in [2.75, 3.05) is 13.2 Å². The van der Waals surface area contributed by atoms with Crippen LogP contribution in [-0.2, 0) is 9.47 Å². The maximum absolute atomic E-state index is 9.82. The maximum Gasteiger partial charge on any atom is 0.186 e. The molecule has 0 aromatic heterocycles. The number of rotatable bonds is 12. The summed E-state index contributed by atoms with van der Waals surface area (Å²) in [5, 5.41) is 38.2. The van der Waals surface area contributed by atoms with Gasteiger partial charge in [-0.3, -0.25) is 0 Å². The zero-order valence-corrected chi connectivity index (χ0v) is 14.3. The van der Waals surface area contributed by atoms with Crippen molar-refractivity contribution < 1.29 is 29.9 Å². The Morgan fingerprint density at radius 2 is 1.35 bits per heavy atom. The number of hydrogen-bond acceptors (Lipinski definition) is 6. The van der Waals surface area contributed by atoms with E-state index in [1.807, 2.05) is 0 Å². The highest BCUT2D eigenvalue weighted by Crippen LogP contribution is 2.22. The quantitative estimate of drug-likeness (QED) is 0.402. The average molecular weight is 334 g/mol. The molecule has 23 heavy (non-hydrogen) atoms. The normalized spacial score (nSPS) is 31.4. The average Bonchev–Trinajstić information content (AvgIpc) is 2.56. The van der Waals surface area contributed by atoms with E-state index in [1.165, 1.54) is 44.9 Å². The van der Waals surface area contributed by atoms with Crippen LogP contribution in [-0.4, -0.2) is 64.3 Å². The fraction of sp³-hybridized carbons (Fsp3) is 1.00. The third kappa shape index (κ3) is 7.45. The van der Waals surface area contributed by atoms with Gasteiger partial charge in [0, 0.05) is 6.61 Å². The van der Waals surface area contributed by atoms with E-state index in [1.54, 1.807) is 0 Å². The van der Waals surface area contributed by atoms with Gasteiger partial charge < -0.3 is 29.9 Å². The first-order chi connectivity index (χ1) is 11.1. The molecule has 0 aliphatic carbocycles. The van der Waals surface area contributed by atoms with E-state index in [-0.39, 0.29) is 0 Å². The molecule has 6 heteroatoms. The topological polar surface area (TPSA) is 99.4 Å². The third-order valence-electron chi connectivity index (χ3n) is 4.38. The molecule has 0 amide bonds. The van der Waals surface area contributed by atoms with Crippen LogP contribution in [0.15, 0.2) is 0 Å². The molecule has 1 saturated heterocycles. The Morgan fingerprint density at radius 3 is 1.91 bits per heavy atom. The van der Waals surface area contributed by atoms with Crippen LogP contribution in [0.4, 0.5) is 0 Å². The van der Waals surface area contributed by atoms with Crippen LogP contribution in [0, 0.1) is 0 Å². The highest BCUT2D eigenvalue weighted by Gasteiger charge is 2.43. The SMILES string of the molecule is CCCCCCCCCCCO[C@H]1O[C@H](CO)[C@H](O)[C@H](O)[C@@H]1O. The van der Waals surface area contributed by atoms with E-state index in [9.17, 15) is 15.3 Å². The van der Waals surface area contributed by atoms with Crippen molar-refractivity contribution in [1.29, 1.82) is 0 Å². The van der Waals surface area contributed by atoms with Gasteiger partial charge in [-0.15, -0.1) is 0 Å². The Kier molecular flexibility index (Phi) is 11.0. The zero-order chi connectivity index (χ0) is 17.1. The van der Waals surface area contributed by atoms with Gasteiger partial charge in [-0.05, 0) is 6.42 Å². The predicted octanol–water partition coefficient (Wildman–Crippen LogP) is 1.33. The fourth-order valence-corrected chi connectivity index (χ4v) is 2.82. The van der Waals surface area contributed by atoms with E-state index >= 15 is 0 Å². The minimum absolute atomic E-state index is 0.428. The molecule has 0 radical (unpaired) electrons. The number of aliphatic hydroxyl groups is 4. The van der Waals surface area contributed by atoms with Gasteiger partial charge in [0.2, 0.25) is 0 Å². The second kappa shape index (κ2) is 12.2. The summed E-state index contributed by atoms with van der Waals surface area (Å²) in [5.41, 5.74) is 0. The summed E-state index contributed by atoms with van der Waals surface area (Å²) < 4.78 is 10.7. The standard InChI is InChI=1S/C17H34O6/c1-2-3-4-5-6-7-8-9-10-11-22-17-16(21)15(20)14(19)13(12-18)23-17/h13-21H,2-12H2,1H3/t13-,14+,15+,16+,17+/m1/s1. The van der Waals surface area contributed by atoms with Gasteiger partial charge in [0.25, 0.3) is 0 Å². The van der Waals surface area contributed by atoms with Crippen LogP contribution in [0.2, 0.25) is 0 Å². The van der Waals surface area contributed by atoms with Crippen LogP contribution in [0.3, 0.4) is 0 Å². The van der Waals surface area contributed by atoms with Crippen LogP contribution in [0.1, 0.15) is 64.7 Å². The van der Waals surface area contributed by atoms with Crippen LogP contribution in [0.25, 0.3) is 0 Å². The molecule has 6 nitrogen and oxygen atoms in total. The summed E-state index contributed by atoms with van der Waals surface area (Å²) in [6, 6.07) is 0. The largest absolute Gasteiger partial charge is 0.394 e. The Balaban J connectivity index is 2.06. The maximum atomic E-state index is 9.82. The van der Waals surface area contributed by atoms with Gasteiger partial charge in [0.05, 0.1) is 6.61 Å². The highest BCUT2D eigenvalue weighted by molar-refractivity contribution is 4.88.